The van der Waals surface area contributed by atoms with Gasteiger partial charge in [0.1, 0.15) is 5.75 Å². The second kappa shape index (κ2) is 7.40. The van der Waals surface area contributed by atoms with Crippen molar-refractivity contribution in [3.8, 4) is 5.75 Å². The van der Waals surface area contributed by atoms with E-state index in [2.05, 4.69) is 5.32 Å². The highest BCUT2D eigenvalue weighted by Gasteiger charge is 2.14. The summed E-state index contributed by atoms with van der Waals surface area (Å²) in [5, 5.41) is 13.6. The number of carbonyl (C=O) groups excluding carboxylic acids is 1. The van der Waals surface area contributed by atoms with E-state index in [1.165, 1.54) is 18.2 Å². The lowest BCUT2D eigenvalue weighted by molar-refractivity contribution is -0.384. The van der Waals surface area contributed by atoms with Crippen LogP contribution in [0.15, 0.2) is 48.5 Å². The molecule has 0 bridgehead atoms. The number of non-ortho nitro benzene ring substituents is 1. The molecule has 0 aliphatic heterocycles. The zero-order chi connectivity index (χ0) is 16.8. The molecule has 0 unspecified atom stereocenters. The van der Waals surface area contributed by atoms with Crippen LogP contribution in [-0.2, 0) is 0 Å². The zero-order valence-corrected chi connectivity index (χ0v) is 13.0. The summed E-state index contributed by atoms with van der Waals surface area (Å²) in [6.45, 7) is 4.36. The Morgan fingerprint density at radius 2 is 1.96 bits per heavy atom. The van der Waals surface area contributed by atoms with Gasteiger partial charge in [-0.15, -0.1) is 0 Å². The van der Waals surface area contributed by atoms with Crippen molar-refractivity contribution in [2.45, 2.75) is 19.9 Å². The van der Waals surface area contributed by atoms with Crippen LogP contribution in [0.5, 0.6) is 5.75 Å². The average Bonchev–Trinajstić information content (AvgIpc) is 2.55. The van der Waals surface area contributed by atoms with Crippen molar-refractivity contribution >= 4 is 11.6 Å². The summed E-state index contributed by atoms with van der Waals surface area (Å²) in [6, 6.07) is 12.9. The Morgan fingerprint density at radius 3 is 2.57 bits per heavy atom. The van der Waals surface area contributed by atoms with Gasteiger partial charge in [-0.3, -0.25) is 14.9 Å². The molecule has 2 aromatic carbocycles. The maximum Gasteiger partial charge on any atom is 0.270 e. The molecule has 0 heterocycles. The van der Waals surface area contributed by atoms with E-state index in [0.717, 1.165) is 11.3 Å². The van der Waals surface area contributed by atoms with Gasteiger partial charge in [-0.2, -0.15) is 0 Å². The third-order valence-electron chi connectivity index (χ3n) is 3.36. The largest absolute Gasteiger partial charge is 0.494 e. The van der Waals surface area contributed by atoms with E-state index in [4.69, 9.17) is 4.74 Å². The molecule has 0 fully saturated rings. The van der Waals surface area contributed by atoms with Gasteiger partial charge in [0.05, 0.1) is 17.6 Å². The Labute approximate surface area is 134 Å². The molecule has 1 atom stereocenters. The molecular formula is C17H18N2O4. The van der Waals surface area contributed by atoms with E-state index in [1.54, 1.807) is 6.07 Å². The number of nitrogens with zero attached hydrogens (tertiary/aromatic N) is 1. The Bertz CT molecular complexity index is 698. The fraction of sp³-hybridized carbons (Fsp3) is 0.235. The molecule has 1 N–H and O–H groups in total. The molecule has 0 saturated carbocycles. The maximum absolute atomic E-state index is 12.2. The van der Waals surface area contributed by atoms with Crippen LogP contribution in [0.25, 0.3) is 0 Å². The normalized spacial score (nSPS) is 11.6. The summed E-state index contributed by atoms with van der Waals surface area (Å²) >= 11 is 0. The predicted molar refractivity (Wildman–Crippen MR) is 86.6 cm³/mol. The summed E-state index contributed by atoms with van der Waals surface area (Å²) in [5.74, 6) is 0.420. The zero-order valence-electron chi connectivity index (χ0n) is 13.0. The van der Waals surface area contributed by atoms with E-state index in [-0.39, 0.29) is 23.2 Å². The van der Waals surface area contributed by atoms with Crippen LogP contribution < -0.4 is 10.1 Å². The van der Waals surface area contributed by atoms with Crippen molar-refractivity contribution in [3.63, 3.8) is 0 Å². The van der Waals surface area contributed by atoms with E-state index >= 15 is 0 Å². The van der Waals surface area contributed by atoms with Crippen LogP contribution >= 0.6 is 0 Å². The molecule has 2 aromatic rings. The number of ether oxygens (including phenoxy) is 1. The highest BCUT2D eigenvalue weighted by Crippen LogP contribution is 2.19. The highest BCUT2D eigenvalue weighted by molar-refractivity contribution is 5.95. The number of benzene rings is 2. The van der Waals surface area contributed by atoms with Crippen LogP contribution in [-0.4, -0.2) is 17.4 Å². The number of nitro benzene ring substituents is 1. The van der Waals surface area contributed by atoms with Gasteiger partial charge in [0.2, 0.25) is 0 Å². The molecule has 0 radical (unpaired) electrons. The van der Waals surface area contributed by atoms with E-state index in [9.17, 15) is 14.9 Å². The first-order chi connectivity index (χ1) is 11.0. The van der Waals surface area contributed by atoms with Gasteiger partial charge in [0, 0.05) is 17.7 Å². The first-order valence-corrected chi connectivity index (χ1v) is 7.29. The lowest BCUT2D eigenvalue weighted by Crippen LogP contribution is -2.26. The molecule has 2 rings (SSSR count). The first kappa shape index (κ1) is 16.5. The first-order valence-electron chi connectivity index (χ1n) is 7.29. The molecule has 1 amide bonds. The highest BCUT2D eigenvalue weighted by atomic mass is 16.6. The monoisotopic (exact) mass is 314 g/mol. The number of hydrogen-bond acceptors (Lipinski definition) is 4. The van der Waals surface area contributed by atoms with Crippen molar-refractivity contribution in [3.05, 3.63) is 69.8 Å². The topological polar surface area (TPSA) is 81.5 Å². The Morgan fingerprint density at radius 1 is 1.26 bits per heavy atom. The molecule has 23 heavy (non-hydrogen) atoms. The number of amides is 1. The molecule has 6 heteroatoms. The van der Waals surface area contributed by atoms with Crippen LogP contribution in [0, 0.1) is 10.1 Å². The number of nitrogens with one attached hydrogen (secondary N) is 1. The molecule has 0 aliphatic carbocycles. The third kappa shape index (κ3) is 4.29. The fourth-order valence-electron chi connectivity index (χ4n) is 2.14. The number of carbonyl (C=O) groups is 1. The summed E-state index contributed by atoms with van der Waals surface area (Å²) in [4.78, 5) is 22.5. The lowest BCUT2D eigenvalue weighted by atomic mass is 10.1. The average molecular weight is 314 g/mol. The summed E-state index contributed by atoms with van der Waals surface area (Å²) < 4.78 is 5.38. The Kier molecular flexibility index (Phi) is 5.30. The SMILES string of the molecule is CCOc1ccc([C@@H](C)NC(=O)c2cccc([N+](=O)[O-])c2)cc1. The van der Waals surface area contributed by atoms with Crippen molar-refractivity contribution in [1.29, 1.82) is 0 Å². The van der Waals surface area contributed by atoms with Crippen LogP contribution in [0.4, 0.5) is 5.69 Å². The van der Waals surface area contributed by atoms with Gasteiger partial charge in [-0.05, 0) is 37.6 Å². The second-order valence-corrected chi connectivity index (χ2v) is 5.00. The minimum absolute atomic E-state index is 0.105. The predicted octanol–water partition coefficient (Wildman–Crippen LogP) is 3.48. The van der Waals surface area contributed by atoms with Crippen molar-refractivity contribution < 1.29 is 14.5 Å². The Balaban J connectivity index is 2.07. The molecule has 0 aliphatic rings. The third-order valence-corrected chi connectivity index (χ3v) is 3.36. The summed E-state index contributed by atoms with van der Waals surface area (Å²) in [6.07, 6.45) is 0. The quantitative estimate of drug-likeness (QED) is 0.653. The standard InChI is InChI=1S/C17H18N2O4/c1-3-23-16-9-7-13(8-10-16)12(2)18-17(20)14-5-4-6-15(11-14)19(21)22/h4-12H,3H2,1-2H3,(H,18,20)/t12-/m1/s1. The number of hydrogen-bond donors (Lipinski definition) is 1. The van der Waals surface area contributed by atoms with Crippen molar-refractivity contribution in [2.24, 2.45) is 0 Å². The van der Waals surface area contributed by atoms with E-state index in [0.29, 0.717) is 6.61 Å². The second-order valence-electron chi connectivity index (χ2n) is 5.00. The van der Waals surface area contributed by atoms with Gasteiger partial charge in [-0.25, -0.2) is 0 Å². The Hall–Kier alpha value is -2.89. The van der Waals surface area contributed by atoms with Gasteiger partial charge in [-0.1, -0.05) is 18.2 Å². The molecule has 0 aromatic heterocycles. The molecular weight excluding hydrogens is 296 g/mol. The molecule has 120 valence electrons. The molecule has 6 nitrogen and oxygen atoms in total. The maximum atomic E-state index is 12.2. The molecule has 0 saturated heterocycles. The summed E-state index contributed by atoms with van der Waals surface area (Å²) in [5.41, 5.74) is 1.08. The van der Waals surface area contributed by atoms with Crippen LogP contribution in [0.2, 0.25) is 0 Å². The van der Waals surface area contributed by atoms with Crippen molar-refractivity contribution in [2.75, 3.05) is 6.61 Å². The number of nitro groups is 1. The minimum Gasteiger partial charge on any atom is -0.494 e. The van der Waals surface area contributed by atoms with Gasteiger partial charge >= 0.3 is 0 Å². The van der Waals surface area contributed by atoms with Gasteiger partial charge in [0.15, 0.2) is 0 Å². The summed E-state index contributed by atoms with van der Waals surface area (Å²) in [7, 11) is 0. The smallest absolute Gasteiger partial charge is 0.270 e. The van der Waals surface area contributed by atoms with Gasteiger partial charge in [0.25, 0.3) is 11.6 Å². The van der Waals surface area contributed by atoms with E-state index < -0.39 is 4.92 Å². The molecule has 0 spiro atoms. The van der Waals surface area contributed by atoms with Gasteiger partial charge < -0.3 is 10.1 Å². The van der Waals surface area contributed by atoms with E-state index in [1.807, 2.05) is 38.1 Å². The fourth-order valence-corrected chi connectivity index (χ4v) is 2.14. The minimum atomic E-state index is -0.521. The van der Waals surface area contributed by atoms with Crippen molar-refractivity contribution in [1.82, 2.24) is 5.32 Å². The lowest BCUT2D eigenvalue weighted by Gasteiger charge is -2.15. The van der Waals surface area contributed by atoms with Crippen LogP contribution in [0.1, 0.15) is 35.8 Å². The number of rotatable bonds is 6. The van der Waals surface area contributed by atoms with Crippen LogP contribution in [0.3, 0.4) is 0 Å².